The smallest absolute Gasteiger partial charge is 0.253 e. The van der Waals surface area contributed by atoms with Crippen LogP contribution in [-0.2, 0) is 0 Å². The number of nitrogens with zero attached hydrogens (tertiary/aromatic N) is 5. The van der Waals surface area contributed by atoms with Crippen LogP contribution in [0.15, 0.2) is 41.1 Å². The highest BCUT2D eigenvalue weighted by Gasteiger charge is 2.28. The van der Waals surface area contributed by atoms with Gasteiger partial charge < -0.3 is 9.32 Å². The predicted molar refractivity (Wildman–Crippen MR) is 94.3 cm³/mol. The van der Waals surface area contributed by atoms with Crippen LogP contribution in [-0.4, -0.2) is 44.1 Å². The van der Waals surface area contributed by atoms with Crippen LogP contribution in [0.1, 0.15) is 40.8 Å². The molecule has 4 rings (SSSR count). The monoisotopic (exact) mass is 367 g/mol. The van der Waals surface area contributed by atoms with Gasteiger partial charge in [-0.25, -0.2) is 14.4 Å². The van der Waals surface area contributed by atoms with E-state index in [9.17, 15) is 9.18 Å². The van der Waals surface area contributed by atoms with Gasteiger partial charge in [-0.1, -0.05) is 0 Å². The first kappa shape index (κ1) is 17.3. The first-order valence-corrected chi connectivity index (χ1v) is 8.77. The predicted octanol–water partition coefficient (Wildman–Crippen LogP) is 2.99. The second-order valence-electron chi connectivity index (χ2n) is 6.54. The SMILES string of the molecule is Cc1ncc(-c2nnc(C3CCN(C(=O)c4ccc(F)cc4)CC3)o2)cn1. The van der Waals surface area contributed by atoms with Crippen LogP contribution in [0.4, 0.5) is 4.39 Å². The van der Waals surface area contributed by atoms with E-state index in [0.717, 1.165) is 12.8 Å². The zero-order chi connectivity index (χ0) is 18.8. The maximum atomic E-state index is 13.0. The summed E-state index contributed by atoms with van der Waals surface area (Å²) in [6.07, 6.45) is 4.78. The van der Waals surface area contributed by atoms with Gasteiger partial charge in [-0.15, -0.1) is 10.2 Å². The molecule has 0 radical (unpaired) electrons. The summed E-state index contributed by atoms with van der Waals surface area (Å²) in [4.78, 5) is 22.6. The molecule has 3 aromatic rings. The fraction of sp³-hybridized carbons (Fsp3) is 0.316. The van der Waals surface area contributed by atoms with E-state index in [4.69, 9.17) is 4.42 Å². The number of piperidine rings is 1. The minimum Gasteiger partial charge on any atom is -0.420 e. The molecule has 138 valence electrons. The van der Waals surface area contributed by atoms with E-state index in [1.807, 2.05) is 6.92 Å². The van der Waals surface area contributed by atoms with Crippen molar-refractivity contribution in [3.05, 3.63) is 59.8 Å². The van der Waals surface area contributed by atoms with Gasteiger partial charge >= 0.3 is 0 Å². The highest BCUT2D eigenvalue weighted by Crippen LogP contribution is 2.29. The van der Waals surface area contributed by atoms with Crippen molar-refractivity contribution in [2.75, 3.05) is 13.1 Å². The van der Waals surface area contributed by atoms with E-state index in [2.05, 4.69) is 20.2 Å². The number of carbonyl (C=O) groups excluding carboxylic acids is 1. The molecule has 3 heterocycles. The average Bonchev–Trinajstić information content (AvgIpc) is 3.19. The standard InChI is InChI=1S/C19H18FN5O2/c1-12-21-10-15(11-22-12)18-24-23-17(27-18)13-6-8-25(9-7-13)19(26)14-2-4-16(20)5-3-14/h2-5,10-11,13H,6-9H2,1H3. The summed E-state index contributed by atoms with van der Waals surface area (Å²) in [6, 6.07) is 5.62. The number of amides is 1. The lowest BCUT2D eigenvalue weighted by Crippen LogP contribution is -2.38. The molecule has 0 bridgehead atoms. The first-order chi connectivity index (χ1) is 13.1. The quantitative estimate of drug-likeness (QED) is 0.707. The second-order valence-corrected chi connectivity index (χ2v) is 6.54. The Morgan fingerprint density at radius 2 is 1.78 bits per heavy atom. The van der Waals surface area contributed by atoms with Crippen molar-refractivity contribution in [3.8, 4) is 11.5 Å². The summed E-state index contributed by atoms with van der Waals surface area (Å²) in [7, 11) is 0. The Balaban J connectivity index is 1.40. The highest BCUT2D eigenvalue weighted by molar-refractivity contribution is 5.94. The van der Waals surface area contributed by atoms with Crippen molar-refractivity contribution < 1.29 is 13.6 Å². The van der Waals surface area contributed by atoms with Crippen LogP contribution in [0.3, 0.4) is 0 Å². The van der Waals surface area contributed by atoms with Crippen molar-refractivity contribution in [1.82, 2.24) is 25.1 Å². The van der Waals surface area contributed by atoms with E-state index in [-0.39, 0.29) is 17.6 Å². The summed E-state index contributed by atoms with van der Waals surface area (Å²) in [5.41, 5.74) is 1.18. The largest absolute Gasteiger partial charge is 0.420 e. The normalized spacial score (nSPS) is 15.1. The lowest BCUT2D eigenvalue weighted by Gasteiger charge is -2.30. The van der Waals surface area contributed by atoms with E-state index in [0.29, 0.717) is 41.8 Å². The Bertz CT molecular complexity index is 931. The molecule has 1 fully saturated rings. The number of rotatable bonds is 3. The van der Waals surface area contributed by atoms with Crippen LogP contribution < -0.4 is 0 Å². The maximum absolute atomic E-state index is 13.0. The molecule has 0 atom stereocenters. The molecule has 2 aromatic heterocycles. The van der Waals surface area contributed by atoms with Gasteiger partial charge in [0, 0.05) is 37.0 Å². The second kappa shape index (κ2) is 7.22. The van der Waals surface area contributed by atoms with Crippen LogP contribution >= 0.6 is 0 Å². The molecule has 1 amide bonds. The van der Waals surface area contributed by atoms with E-state index in [1.54, 1.807) is 17.3 Å². The summed E-state index contributed by atoms with van der Waals surface area (Å²) < 4.78 is 18.8. The fourth-order valence-corrected chi connectivity index (χ4v) is 3.12. The van der Waals surface area contributed by atoms with Crippen LogP contribution in [0, 0.1) is 12.7 Å². The third kappa shape index (κ3) is 3.69. The molecule has 8 heteroatoms. The van der Waals surface area contributed by atoms with Crippen LogP contribution in [0.2, 0.25) is 0 Å². The molecule has 0 spiro atoms. The van der Waals surface area contributed by atoms with Crippen molar-refractivity contribution in [2.45, 2.75) is 25.7 Å². The topological polar surface area (TPSA) is 85.0 Å². The lowest BCUT2D eigenvalue weighted by atomic mass is 9.96. The minimum absolute atomic E-state index is 0.0866. The highest BCUT2D eigenvalue weighted by atomic mass is 19.1. The van der Waals surface area contributed by atoms with E-state index in [1.165, 1.54) is 24.3 Å². The molecule has 7 nitrogen and oxygen atoms in total. The Labute approximate surface area is 155 Å². The number of aromatic nitrogens is 4. The van der Waals surface area contributed by atoms with Gasteiger partial charge in [0.15, 0.2) is 0 Å². The van der Waals surface area contributed by atoms with Crippen molar-refractivity contribution in [3.63, 3.8) is 0 Å². The molecular formula is C19H18FN5O2. The number of hydrogen-bond acceptors (Lipinski definition) is 6. The zero-order valence-electron chi connectivity index (χ0n) is 14.8. The number of benzene rings is 1. The Morgan fingerprint density at radius 1 is 1.11 bits per heavy atom. The third-order valence-corrected chi connectivity index (χ3v) is 4.69. The zero-order valence-corrected chi connectivity index (χ0v) is 14.8. The Morgan fingerprint density at radius 3 is 2.44 bits per heavy atom. The molecule has 0 unspecified atom stereocenters. The van der Waals surface area contributed by atoms with E-state index >= 15 is 0 Å². The summed E-state index contributed by atoms with van der Waals surface area (Å²) in [5.74, 6) is 1.31. The van der Waals surface area contributed by atoms with Gasteiger partial charge in [0.2, 0.25) is 5.89 Å². The van der Waals surface area contributed by atoms with Crippen LogP contribution in [0.25, 0.3) is 11.5 Å². The minimum atomic E-state index is -0.351. The maximum Gasteiger partial charge on any atom is 0.253 e. The lowest BCUT2D eigenvalue weighted by molar-refractivity contribution is 0.0706. The van der Waals surface area contributed by atoms with Gasteiger partial charge in [-0.2, -0.15) is 0 Å². The average molecular weight is 367 g/mol. The number of carbonyl (C=O) groups is 1. The molecule has 1 saturated heterocycles. The number of aryl methyl sites for hydroxylation is 1. The first-order valence-electron chi connectivity index (χ1n) is 8.77. The van der Waals surface area contributed by atoms with Gasteiger partial charge in [-0.05, 0) is 44.0 Å². The summed E-state index contributed by atoms with van der Waals surface area (Å²) >= 11 is 0. The van der Waals surface area contributed by atoms with E-state index < -0.39 is 0 Å². The third-order valence-electron chi connectivity index (χ3n) is 4.69. The van der Waals surface area contributed by atoms with Crippen LogP contribution in [0.5, 0.6) is 0 Å². The number of likely N-dealkylation sites (tertiary alicyclic amines) is 1. The van der Waals surface area contributed by atoms with Gasteiger partial charge in [-0.3, -0.25) is 4.79 Å². The molecule has 27 heavy (non-hydrogen) atoms. The number of halogens is 1. The fourth-order valence-electron chi connectivity index (χ4n) is 3.12. The Kier molecular flexibility index (Phi) is 4.62. The molecule has 1 aromatic carbocycles. The van der Waals surface area contributed by atoms with Crippen molar-refractivity contribution in [1.29, 1.82) is 0 Å². The number of hydrogen-bond donors (Lipinski definition) is 0. The molecule has 0 saturated carbocycles. The summed E-state index contributed by atoms with van der Waals surface area (Å²) in [6.45, 7) is 2.99. The molecule has 1 aliphatic rings. The molecule has 1 aliphatic heterocycles. The molecule has 0 N–H and O–H groups in total. The Hall–Kier alpha value is -3.16. The van der Waals surface area contributed by atoms with Gasteiger partial charge in [0.25, 0.3) is 11.8 Å². The van der Waals surface area contributed by atoms with Crippen molar-refractivity contribution in [2.24, 2.45) is 0 Å². The molecular weight excluding hydrogens is 349 g/mol. The summed E-state index contributed by atoms with van der Waals surface area (Å²) in [5, 5.41) is 8.25. The van der Waals surface area contributed by atoms with Gasteiger partial charge in [0.1, 0.15) is 11.6 Å². The molecule has 0 aliphatic carbocycles. The van der Waals surface area contributed by atoms with Crippen molar-refractivity contribution >= 4 is 5.91 Å². The van der Waals surface area contributed by atoms with Gasteiger partial charge in [0.05, 0.1) is 5.56 Å².